The number of esters is 1. The number of ether oxygens (including phenoxy) is 2. The zero-order valence-corrected chi connectivity index (χ0v) is 14.9. The van der Waals surface area contributed by atoms with Crippen molar-refractivity contribution in [2.75, 3.05) is 0 Å². The topological polar surface area (TPSA) is 82.5 Å². The number of amides is 1. The minimum Gasteiger partial charge on any atom is -0.457 e. The molecule has 134 valence electrons. The number of carbonyl (C=O) groups excluding carboxylic acids is 2. The standard InChI is InChI=1S/C17H27N3O4/c1-17(2,3)24-16(22)19-13-8-6-5-7-9-14(13)23-15(21)12-10-18-20(4)11-12/h10-11,13-14H,5-9H2,1-4H3,(H,19,22)/t13-,14-/m1/s1. The summed E-state index contributed by atoms with van der Waals surface area (Å²) in [6, 6.07) is -0.233. The van der Waals surface area contributed by atoms with E-state index in [0.29, 0.717) is 5.56 Å². The molecule has 1 aromatic rings. The Morgan fingerprint density at radius 1 is 1.25 bits per heavy atom. The van der Waals surface area contributed by atoms with E-state index in [9.17, 15) is 9.59 Å². The zero-order valence-electron chi connectivity index (χ0n) is 14.9. The quantitative estimate of drug-likeness (QED) is 0.677. The fourth-order valence-corrected chi connectivity index (χ4v) is 2.77. The third-order valence-electron chi connectivity index (χ3n) is 3.85. The Hall–Kier alpha value is -2.05. The molecular weight excluding hydrogens is 310 g/mol. The molecule has 1 aliphatic rings. The largest absolute Gasteiger partial charge is 0.457 e. The molecule has 1 N–H and O–H groups in total. The van der Waals surface area contributed by atoms with E-state index in [2.05, 4.69) is 10.4 Å². The van der Waals surface area contributed by atoms with Gasteiger partial charge in [-0.25, -0.2) is 9.59 Å². The molecule has 0 aromatic carbocycles. The highest BCUT2D eigenvalue weighted by Gasteiger charge is 2.30. The van der Waals surface area contributed by atoms with Crippen LogP contribution in [0.25, 0.3) is 0 Å². The van der Waals surface area contributed by atoms with Crippen molar-refractivity contribution in [3.8, 4) is 0 Å². The lowest BCUT2D eigenvalue weighted by molar-refractivity contribution is 0.0122. The van der Waals surface area contributed by atoms with Gasteiger partial charge in [0.15, 0.2) is 0 Å². The first kappa shape index (κ1) is 18.3. The number of carbonyl (C=O) groups is 2. The average molecular weight is 337 g/mol. The van der Waals surface area contributed by atoms with Gasteiger partial charge in [0.25, 0.3) is 0 Å². The maximum Gasteiger partial charge on any atom is 0.408 e. The van der Waals surface area contributed by atoms with Gasteiger partial charge in [-0.3, -0.25) is 4.68 Å². The molecule has 0 unspecified atom stereocenters. The maximum atomic E-state index is 12.3. The minimum absolute atomic E-state index is 0.233. The predicted molar refractivity (Wildman–Crippen MR) is 88.7 cm³/mol. The highest BCUT2D eigenvalue weighted by Crippen LogP contribution is 2.22. The molecule has 0 saturated heterocycles. The smallest absolute Gasteiger partial charge is 0.408 e. The molecule has 1 fully saturated rings. The van der Waals surface area contributed by atoms with Gasteiger partial charge in [-0.2, -0.15) is 5.10 Å². The summed E-state index contributed by atoms with van der Waals surface area (Å²) in [7, 11) is 1.75. The van der Waals surface area contributed by atoms with Crippen LogP contribution >= 0.6 is 0 Å². The van der Waals surface area contributed by atoms with Crippen molar-refractivity contribution in [1.82, 2.24) is 15.1 Å². The molecule has 1 saturated carbocycles. The first-order valence-electron chi connectivity index (χ1n) is 8.44. The second kappa shape index (κ2) is 7.68. The van der Waals surface area contributed by atoms with Gasteiger partial charge >= 0.3 is 12.1 Å². The van der Waals surface area contributed by atoms with Gasteiger partial charge in [-0.05, 0) is 40.0 Å². The molecule has 0 bridgehead atoms. The van der Waals surface area contributed by atoms with Crippen molar-refractivity contribution in [3.63, 3.8) is 0 Å². The molecule has 7 nitrogen and oxygen atoms in total. The Morgan fingerprint density at radius 3 is 2.58 bits per heavy atom. The number of nitrogens with one attached hydrogen (secondary N) is 1. The lowest BCUT2D eigenvalue weighted by Crippen LogP contribution is -2.46. The van der Waals surface area contributed by atoms with Crippen LogP contribution in [0.1, 0.15) is 63.2 Å². The van der Waals surface area contributed by atoms with Gasteiger partial charge in [-0.1, -0.05) is 12.8 Å². The molecular formula is C17H27N3O4. The van der Waals surface area contributed by atoms with Crippen LogP contribution < -0.4 is 5.32 Å². The fraction of sp³-hybridized carbons (Fsp3) is 0.706. The summed E-state index contributed by atoms with van der Waals surface area (Å²) in [5.74, 6) is -0.411. The van der Waals surface area contributed by atoms with E-state index in [0.717, 1.165) is 32.1 Å². The van der Waals surface area contributed by atoms with Crippen LogP contribution in [-0.4, -0.2) is 39.6 Å². The van der Waals surface area contributed by atoms with E-state index in [1.165, 1.54) is 6.20 Å². The van der Waals surface area contributed by atoms with Gasteiger partial charge in [-0.15, -0.1) is 0 Å². The van der Waals surface area contributed by atoms with Gasteiger partial charge in [0.05, 0.1) is 17.8 Å². The maximum absolute atomic E-state index is 12.3. The molecule has 2 rings (SSSR count). The highest BCUT2D eigenvalue weighted by atomic mass is 16.6. The summed E-state index contributed by atoms with van der Waals surface area (Å²) in [6.45, 7) is 5.46. The molecule has 7 heteroatoms. The van der Waals surface area contributed by atoms with Crippen LogP contribution in [0.5, 0.6) is 0 Å². The number of hydrogen-bond donors (Lipinski definition) is 1. The number of rotatable bonds is 3. The monoisotopic (exact) mass is 337 g/mol. The molecule has 0 radical (unpaired) electrons. The summed E-state index contributed by atoms with van der Waals surface area (Å²) < 4.78 is 12.5. The molecule has 2 atom stereocenters. The molecule has 1 amide bonds. The van der Waals surface area contributed by atoms with E-state index in [-0.39, 0.29) is 12.1 Å². The second-order valence-electron chi connectivity index (χ2n) is 7.24. The van der Waals surface area contributed by atoms with Crippen LogP contribution in [-0.2, 0) is 16.5 Å². The van der Waals surface area contributed by atoms with E-state index in [1.54, 1.807) is 17.9 Å². The van der Waals surface area contributed by atoms with Crippen LogP contribution in [0.2, 0.25) is 0 Å². The predicted octanol–water partition coefficient (Wildman–Crippen LogP) is 2.80. The van der Waals surface area contributed by atoms with E-state index in [4.69, 9.17) is 9.47 Å². The van der Waals surface area contributed by atoms with Gasteiger partial charge in [0.2, 0.25) is 0 Å². The van der Waals surface area contributed by atoms with E-state index < -0.39 is 17.7 Å². The first-order chi connectivity index (χ1) is 11.2. The number of alkyl carbamates (subject to hydrolysis) is 1. The number of aromatic nitrogens is 2. The molecule has 0 spiro atoms. The molecule has 24 heavy (non-hydrogen) atoms. The van der Waals surface area contributed by atoms with Crippen LogP contribution in [0.15, 0.2) is 12.4 Å². The van der Waals surface area contributed by atoms with Crippen LogP contribution in [0.4, 0.5) is 4.79 Å². The number of aryl methyl sites for hydroxylation is 1. The third kappa shape index (κ3) is 5.54. The van der Waals surface area contributed by atoms with Crippen molar-refractivity contribution >= 4 is 12.1 Å². The third-order valence-corrected chi connectivity index (χ3v) is 3.85. The molecule has 0 aliphatic heterocycles. The Kier molecular flexibility index (Phi) is 5.85. The number of hydrogen-bond acceptors (Lipinski definition) is 5. The first-order valence-corrected chi connectivity index (χ1v) is 8.44. The van der Waals surface area contributed by atoms with E-state index in [1.807, 2.05) is 20.8 Å². The fourth-order valence-electron chi connectivity index (χ4n) is 2.77. The SMILES string of the molecule is Cn1cc(C(=O)O[C@@H]2CCCCC[C@H]2NC(=O)OC(C)(C)C)cn1. The van der Waals surface area contributed by atoms with Gasteiger partial charge in [0, 0.05) is 13.2 Å². The van der Waals surface area contributed by atoms with Crippen molar-refractivity contribution in [2.45, 2.75) is 70.6 Å². The normalized spacial score (nSPS) is 21.7. The van der Waals surface area contributed by atoms with Crippen LogP contribution in [0, 0.1) is 0 Å². The minimum atomic E-state index is -0.559. The van der Waals surface area contributed by atoms with Crippen molar-refractivity contribution in [1.29, 1.82) is 0 Å². The van der Waals surface area contributed by atoms with Crippen molar-refractivity contribution < 1.29 is 19.1 Å². The van der Waals surface area contributed by atoms with Crippen molar-refractivity contribution in [3.05, 3.63) is 18.0 Å². The Morgan fingerprint density at radius 2 is 1.96 bits per heavy atom. The van der Waals surface area contributed by atoms with Crippen molar-refractivity contribution in [2.24, 2.45) is 7.05 Å². The lowest BCUT2D eigenvalue weighted by atomic mass is 10.1. The Balaban J connectivity index is 2.00. The summed E-state index contributed by atoms with van der Waals surface area (Å²) >= 11 is 0. The van der Waals surface area contributed by atoms with Gasteiger partial charge in [0.1, 0.15) is 11.7 Å². The summed E-state index contributed by atoms with van der Waals surface area (Å²) in [4.78, 5) is 24.3. The molecule has 1 aromatic heterocycles. The summed E-state index contributed by atoms with van der Waals surface area (Å²) in [5, 5.41) is 6.85. The molecule has 1 aliphatic carbocycles. The van der Waals surface area contributed by atoms with Gasteiger partial charge < -0.3 is 14.8 Å². The zero-order chi connectivity index (χ0) is 17.7. The Bertz CT molecular complexity index is 577. The molecule has 1 heterocycles. The highest BCUT2D eigenvalue weighted by molar-refractivity contribution is 5.88. The average Bonchev–Trinajstić information content (AvgIpc) is 2.78. The summed E-state index contributed by atoms with van der Waals surface area (Å²) in [6.07, 6.45) is 6.79. The summed E-state index contributed by atoms with van der Waals surface area (Å²) in [5.41, 5.74) is -0.144. The van der Waals surface area contributed by atoms with E-state index >= 15 is 0 Å². The Labute approximate surface area is 142 Å². The second-order valence-corrected chi connectivity index (χ2v) is 7.24. The number of nitrogens with zero attached hydrogens (tertiary/aromatic N) is 2. The lowest BCUT2D eigenvalue weighted by Gasteiger charge is -2.27. The van der Waals surface area contributed by atoms with Crippen LogP contribution in [0.3, 0.4) is 0 Å².